The molecule has 3 nitrogen and oxygen atoms in total. The Kier molecular flexibility index (Phi) is 5.37. The van der Waals surface area contributed by atoms with Gasteiger partial charge in [-0.15, -0.1) is 0 Å². The van der Waals surface area contributed by atoms with Crippen LogP contribution in [0.2, 0.25) is 0 Å². The summed E-state index contributed by atoms with van der Waals surface area (Å²) in [5.41, 5.74) is 0.203. The second-order valence-corrected chi connectivity index (χ2v) is 3.15. The largest absolute Gasteiger partial charge is 0.545 e. The maximum atomic E-state index is 10.2. The van der Waals surface area contributed by atoms with Crippen LogP contribution in [0.5, 0.6) is 0 Å². The van der Waals surface area contributed by atoms with Crippen LogP contribution in [-0.4, -0.2) is 31.5 Å². The summed E-state index contributed by atoms with van der Waals surface area (Å²) >= 11 is 0. The average Bonchev–Trinajstić information content (AvgIpc) is 1.97. The summed E-state index contributed by atoms with van der Waals surface area (Å²) in [6.45, 7) is 4.38. The van der Waals surface area contributed by atoms with Crippen molar-refractivity contribution in [3.63, 3.8) is 0 Å². The molecule has 70 valence electrons. The van der Waals surface area contributed by atoms with Crippen molar-refractivity contribution in [1.29, 1.82) is 0 Å². The topological polar surface area (TPSA) is 43.4 Å². The van der Waals surface area contributed by atoms with Crippen molar-refractivity contribution in [2.45, 2.75) is 19.3 Å². The van der Waals surface area contributed by atoms with Crippen LogP contribution < -0.4 is 5.11 Å². The summed E-state index contributed by atoms with van der Waals surface area (Å²) in [5, 5.41) is 10.2. The standard InChI is InChI=1S/C9H17NO2/c1-8(9(11)12)6-4-5-7-10(2)3/h1,4-7H2,2-3H3,(H,11,12)/p-1. The Morgan fingerprint density at radius 2 is 2.00 bits per heavy atom. The fourth-order valence-electron chi connectivity index (χ4n) is 0.868. The number of hydrogen-bond donors (Lipinski definition) is 0. The molecular weight excluding hydrogens is 154 g/mol. The molecule has 0 aliphatic heterocycles. The number of rotatable bonds is 6. The van der Waals surface area contributed by atoms with Gasteiger partial charge in [0.05, 0.1) is 5.97 Å². The molecule has 0 spiro atoms. The molecule has 0 saturated heterocycles. The van der Waals surface area contributed by atoms with E-state index < -0.39 is 5.97 Å². The molecule has 0 fully saturated rings. The Hall–Kier alpha value is -0.830. The molecule has 0 aromatic heterocycles. The van der Waals surface area contributed by atoms with E-state index in [2.05, 4.69) is 11.5 Å². The first-order chi connectivity index (χ1) is 5.54. The summed E-state index contributed by atoms with van der Waals surface area (Å²) in [5.74, 6) is -1.13. The van der Waals surface area contributed by atoms with Gasteiger partial charge in [0.1, 0.15) is 0 Å². The lowest BCUT2D eigenvalue weighted by Gasteiger charge is -2.09. The minimum atomic E-state index is -1.13. The molecule has 12 heavy (non-hydrogen) atoms. The maximum absolute atomic E-state index is 10.2. The van der Waals surface area contributed by atoms with E-state index in [1.165, 1.54) is 0 Å². The highest BCUT2D eigenvalue weighted by molar-refractivity contribution is 5.83. The first kappa shape index (κ1) is 11.2. The number of nitrogens with zero attached hydrogens (tertiary/aromatic N) is 1. The third-order valence-electron chi connectivity index (χ3n) is 1.62. The van der Waals surface area contributed by atoms with Gasteiger partial charge >= 0.3 is 0 Å². The predicted octanol–water partition coefficient (Wildman–Crippen LogP) is 0.0244. The van der Waals surface area contributed by atoms with Crippen LogP contribution in [0.1, 0.15) is 19.3 Å². The van der Waals surface area contributed by atoms with Crippen LogP contribution in [0, 0.1) is 0 Å². The molecule has 0 radical (unpaired) electrons. The first-order valence-corrected chi connectivity index (χ1v) is 4.08. The molecule has 0 aromatic carbocycles. The highest BCUT2D eigenvalue weighted by Crippen LogP contribution is 2.03. The number of carbonyl (C=O) groups excluding carboxylic acids is 1. The summed E-state index contributed by atoms with van der Waals surface area (Å²) < 4.78 is 0. The molecule has 0 saturated carbocycles. The second-order valence-electron chi connectivity index (χ2n) is 3.15. The van der Waals surface area contributed by atoms with Gasteiger partial charge in [-0.05, 0) is 45.5 Å². The van der Waals surface area contributed by atoms with E-state index in [-0.39, 0.29) is 5.57 Å². The minimum absolute atomic E-state index is 0.203. The third kappa shape index (κ3) is 5.92. The van der Waals surface area contributed by atoms with Crippen molar-refractivity contribution in [3.8, 4) is 0 Å². The van der Waals surface area contributed by atoms with Gasteiger partial charge in [-0.2, -0.15) is 0 Å². The zero-order valence-corrected chi connectivity index (χ0v) is 7.80. The Morgan fingerprint density at radius 1 is 1.42 bits per heavy atom. The quantitative estimate of drug-likeness (QED) is 0.417. The van der Waals surface area contributed by atoms with Gasteiger partial charge in [-0.3, -0.25) is 0 Å². The number of carboxylic acid groups (broad SMARTS) is 1. The van der Waals surface area contributed by atoms with Gasteiger partial charge < -0.3 is 14.8 Å². The van der Waals surface area contributed by atoms with E-state index in [0.29, 0.717) is 6.42 Å². The van der Waals surface area contributed by atoms with Crippen molar-refractivity contribution < 1.29 is 9.90 Å². The molecule has 0 amide bonds. The van der Waals surface area contributed by atoms with Crippen molar-refractivity contribution >= 4 is 5.97 Å². The normalized spacial score (nSPS) is 10.2. The van der Waals surface area contributed by atoms with Crippen LogP contribution in [0.25, 0.3) is 0 Å². The van der Waals surface area contributed by atoms with Gasteiger partial charge in [-0.1, -0.05) is 6.58 Å². The number of unbranched alkanes of at least 4 members (excludes halogenated alkanes) is 1. The fourth-order valence-corrected chi connectivity index (χ4v) is 0.868. The summed E-state index contributed by atoms with van der Waals surface area (Å²) in [6, 6.07) is 0. The van der Waals surface area contributed by atoms with E-state index >= 15 is 0 Å². The highest BCUT2D eigenvalue weighted by atomic mass is 16.4. The van der Waals surface area contributed by atoms with E-state index in [1.807, 2.05) is 14.1 Å². The fraction of sp³-hybridized carbons (Fsp3) is 0.667. The summed E-state index contributed by atoms with van der Waals surface area (Å²) in [7, 11) is 3.99. The third-order valence-corrected chi connectivity index (χ3v) is 1.62. The SMILES string of the molecule is C=C(CCCCN(C)C)C(=O)[O-]. The molecule has 0 bridgehead atoms. The van der Waals surface area contributed by atoms with E-state index in [4.69, 9.17) is 0 Å². The molecule has 0 N–H and O–H groups in total. The first-order valence-electron chi connectivity index (χ1n) is 4.08. The lowest BCUT2D eigenvalue weighted by Crippen LogP contribution is -2.24. The van der Waals surface area contributed by atoms with Crippen LogP contribution >= 0.6 is 0 Å². The van der Waals surface area contributed by atoms with E-state index in [0.717, 1.165) is 19.4 Å². The number of carboxylic acids is 1. The Labute approximate surface area is 73.7 Å². The van der Waals surface area contributed by atoms with Crippen LogP contribution in [0.3, 0.4) is 0 Å². The molecule has 0 unspecified atom stereocenters. The molecule has 0 atom stereocenters. The highest BCUT2D eigenvalue weighted by Gasteiger charge is 1.95. The van der Waals surface area contributed by atoms with E-state index in [9.17, 15) is 9.90 Å². The Bertz CT molecular complexity index is 164. The molecule has 3 heteroatoms. The van der Waals surface area contributed by atoms with Crippen molar-refractivity contribution in [2.75, 3.05) is 20.6 Å². The molecule has 0 aliphatic carbocycles. The monoisotopic (exact) mass is 170 g/mol. The van der Waals surface area contributed by atoms with Crippen molar-refractivity contribution in [3.05, 3.63) is 12.2 Å². The van der Waals surface area contributed by atoms with Crippen molar-refractivity contribution in [2.24, 2.45) is 0 Å². The second kappa shape index (κ2) is 5.77. The summed E-state index contributed by atoms with van der Waals surface area (Å²) in [6.07, 6.45) is 2.40. The zero-order valence-electron chi connectivity index (χ0n) is 7.80. The smallest absolute Gasteiger partial charge is 0.0668 e. The predicted molar refractivity (Wildman–Crippen MR) is 46.6 cm³/mol. The van der Waals surface area contributed by atoms with Crippen molar-refractivity contribution in [1.82, 2.24) is 4.90 Å². The average molecular weight is 170 g/mol. The van der Waals surface area contributed by atoms with Crippen LogP contribution in [0.15, 0.2) is 12.2 Å². The summed E-state index contributed by atoms with van der Waals surface area (Å²) in [4.78, 5) is 12.3. The molecule has 0 rings (SSSR count). The zero-order chi connectivity index (χ0) is 9.56. The van der Waals surface area contributed by atoms with Crippen LogP contribution in [0.4, 0.5) is 0 Å². The van der Waals surface area contributed by atoms with Gasteiger partial charge in [0.2, 0.25) is 0 Å². The van der Waals surface area contributed by atoms with E-state index in [1.54, 1.807) is 0 Å². The molecule has 0 heterocycles. The maximum Gasteiger partial charge on any atom is 0.0668 e. The minimum Gasteiger partial charge on any atom is -0.545 e. The number of hydrogen-bond acceptors (Lipinski definition) is 3. The van der Waals surface area contributed by atoms with Crippen LogP contribution in [-0.2, 0) is 4.79 Å². The Morgan fingerprint density at radius 3 is 2.42 bits per heavy atom. The molecular formula is C9H16NO2-. The molecule has 0 aromatic rings. The van der Waals surface area contributed by atoms with Gasteiger partial charge in [0.15, 0.2) is 0 Å². The lowest BCUT2D eigenvalue weighted by atomic mass is 10.1. The number of aliphatic carboxylic acids is 1. The van der Waals surface area contributed by atoms with Gasteiger partial charge in [0, 0.05) is 0 Å². The van der Waals surface area contributed by atoms with Gasteiger partial charge in [0.25, 0.3) is 0 Å². The molecule has 0 aliphatic rings. The Balaban J connectivity index is 3.32. The number of carbonyl (C=O) groups is 1. The lowest BCUT2D eigenvalue weighted by molar-refractivity contribution is -0.299. The van der Waals surface area contributed by atoms with Gasteiger partial charge in [-0.25, -0.2) is 0 Å².